The lowest BCUT2D eigenvalue weighted by Gasteiger charge is -2.26. The molecule has 1 aliphatic rings. The van der Waals surface area contributed by atoms with Crippen LogP contribution in [0.1, 0.15) is 16.1 Å². The van der Waals surface area contributed by atoms with Crippen molar-refractivity contribution in [3.8, 4) is 0 Å². The summed E-state index contributed by atoms with van der Waals surface area (Å²) in [6, 6.07) is 6.58. The molecular formula is C16H18N4O5S. The molecule has 1 fully saturated rings. The highest BCUT2D eigenvalue weighted by Crippen LogP contribution is 2.18. The van der Waals surface area contributed by atoms with E-state index in [0.717, 1.165) is 5.56 Å². The van der Waals surface area contributed by atoms with E-state index in [4.69, 9.17) is 9.84 Å². The highest BCUT2D eigenvalue weighted by Gasteiger charge is 2.25. The average molecular weight is 378 g/mol. The lowest BCUT2D eigenvalue weighted by Crippen LogP contribution is -2.40. The number of nitrogens with zero attached hydrogens (tertiary/aromatic N) is 3. The summed E-state index contributed by atoms with van der Waals surface area (Å²) in [6.45, 7) is 1.93. The number of carboxylic acids is 1. The molecule has 0 radical (unpaired) electrons. The van der Waals surface area contributed by atoms with E-state index >= 15 is 0 Å². The molecule has 0 saturated carbocycles. The Labute approximate surface area is 150 Å². The van der Waals surface area contributed by atoms with Crippen LogP contribution in [-0.4, -0.2) is 60.1 Å². The third-order valence-corrected chi connectivity index (χ3v) is 5.79. The molecule has 2 N–H and O–H groups in total. The van der Waals surface area contributed by atoms with Crippen LogP contribution in [0.4, 0.5) is 5.82 Å². The Morgan fingerprint density at radius 3 is 2.42 bits per heavy atom. The number of carbonyl (C=O) groups is 1. The number of aromatic nitrogens is 2. The van der Waals surface area contributed by atoms with Gasteiger partial charge >= 0.3 is 5.97 Å². The van der Waals surface area contributed by atoms with Crippen LogP contribution in [0.15, 0.2) is 41.6 Å². The molecule has 1 aliphatic heterocycles. The Bertz CT molecular complexity index is 863. The van der Waals surface area contributed by atoms with Gasteiger partial charge < -0.3 is 15.2 Å². The zero-order chi connectivity index (χ0) is 18.6. The first-order valence-corrected chi connectivity index (χ1v) is 9.37. The van der Waals surface area contributed by atoms with Gasteiger partial charge in [0.15, 0.2) is 5.69 Å². The van der Waals surface area contributed by atoms with Crippen LogP contribution in [0.25, 0.3) is 0 Å². The Balaban J connectivity index is 1.63. The minimum Gasteiger partial charge on any atom is -0.476 e. The summed E-state index contributed by atoms with van der Waals surface area (Å²) in [4.78, 5) is 18.7. The molecule has 2 heterocycles. The van der Waals surface area contributed by atoms with Gasteiger partial charge in [-0.15, -0.1) is 0 Å². The largest absolute Gasteiger partial charge is 0.476 e. The van der Waals surface area contributed by atoms with E-state index < -0.39 is 16.0 Å². The van der Waals surface area contributed by atoms with Crippen molar-refractivity contribution in [3.63, 3.8) is 0 Å². The zero-order valence-corrected chi connectivity index (χ0v) is 14.6. The molecule has 1 saturated heterocycles. The molecule has 0 aliphatic carbocycles. The molecule has 0 atom stereocenters. The van der Waals surface area contributed by atoms with Crippen molar-refractivity contribution in [1.82, 2.24) is 14.3 Å². The van der Waals surface area contributed by atoms with Gasteiger partial charge in [-0.3, -0.25) is 0 Å². The lowest BCUT2D eigenvalue weighted by molar-refractivity contribution is 0.0690. The smallest absolute Gasteiger partial charge is 0.356 e. The maximum absolute atomic E-state index is 12.6. The molecular weight excluding hydrogens is 360 g/mol. The summed E-state index contributed by atoms with van der Waals surface area (Å²) >= 11 is 0. The molecule has 0 amide bonds. The van der Waals surface area contributed by atoms with Crippen molar-refractivity contribution in [2.24, 2.45) is 0 Å². The van der Waals surface area contributed by atoms with E-state index in [0.29, 0.717) is 38.7 Å². The molecule has 1 aromatic heterocycles. The Morgan fingerprint density at radius 2 is 1.85 bits per heavy atom. The second kappa shape index (κ2) is 7.77. The third kappa shape index (κ3) is 4.15. The van der Waals surface area contributed by atoms with Crippen molar-refractivity contribution in [3.05, 3.63) is 47.9 Å². The first-order chi connectivity index (χ1) is 12.5. The molecule has 3 rings (SSSR count). The van der Waals surface area contributed by atoms with Crippen molar-refractivity contribution in [2.45, 2.75) is 11.4 Å². The van der Waals surface area contributed by atoms with Gasteiger partial charge in [-0.1, -0.05) is 12.1 Å². The predicted molar refractivity (Wildman–Crippen MR) is 92.3 cm³/mol. The Kier molecular flexibility index (Phi) is 5.45. The fourth-order valence-corrected chi connectivity index (χ4v) is 3.85. The van der Waals surface area contributed by atoms with E-state index in [1.165, 1.54) is 16.7 Å². The molecule has 0 bridgehead atoms. The maximum Gasteiger partial charge on any atom is 0.356 e. The van der Waals surface area contributed by atoms with E-state index in [2.05, 4.69) is 15.3 Å². The first-order valence-electron chi connectivity index (χ1n) is 7.93. The number of rotatable bonds is 6. The van der Waals surface area contributed by atoms with E-state index in [-0.39, 0.29) is 10.6 Å². The van der Waals surface area contributed by atoms with Crippen LogP contribution < -0.4 is 5.32 Å². The van der Waals surface area contributed by atoms with Crippen LogP contribution in [0.5, 0.6) is 0 Å². The number of ether oxygens (including phenoxy) is 1. The molecule has 26 heavy (non-hydrogen) atoms. The maximum atomic E-state index is 12.6. The minimum absolute atomic E-state index is 0.131. The number of anilines is 1. The number of hydrogen-bond donors (Lipinski definition) is 2. The summed E-state index contributed by atoms with van der Waals surface area (Å²) in [5, 5.41) is 11.8. The van der Waals surface area contributed by atoms with E-state index in [1.807, 2.05) is 0 Å². The second-order valence-corrected chi connectivity index (χ2v) is 7.54. The van der Waals surface area contributed by atoms with Crippen LogP contribution in [-0.2, 0) is 21.3 Å². The molecule has 2 aromatic rings. The van der Waals surface area contributed by atoms with Crippen LogP contribution in [0.2, 0.25) is 0 Å². The molecule has 138 valence electrons. The number of hydrogen-bond acceptors (Lipinski definition) is 7. The quantitative estimate of drug-likeness (QED) is 0.757. The van der Waals surface area contributed by atoms with Crippen molar-refractivity contribution in [2.75, 3.05) is 31.6 Å². The van der Waals surface area contributed by atoms with E-state index in [9.17, 15) is 13.2 Å². The normalized spacial score (nSPS) is 15.5. The van der Waals surface area contributed by atoms with Crippen molar-refractivity contribution >= 4 is 21.8 Å². The molecule has 1 aromatic carbocycles. The lowest BCUT2D eigenvalue weighted by atomic mass is 10.2. The fraction of sp³-hybridized carbons (Fsp3) is 0.312. The summed E-state index contributed by atoms with van der Waals surface area (Å²) in [5.74, 6) is -0.707. The van der Waals surface area contributed by atoms with Gasteiger partial charge in [0.25, 0.3) is 0 Å². The minimum atomic E-state index is -3.50. The standard InChI is InChI=1S/C16H18N4O5S/c21-16(22)14-10-19-15(11-17-14)18-9-12-1-3-13(4-2-12)26(23,24)20-5-7-25-8-6-20/h1-4,10-11H,5-9H2,(H,18,19)(H,21,22). The Hall–Kier alpha value is -2.56. The molecule has 9 nitrogen and oxygen atoms in total. The van der Waals surface area contributed by atoms with Gasteiger partial charge in [0, 0.05) is 19.6 Å². The number of benzene rings is 1. The van der Waals surface area contributed by atoms with Crippen LogP contribution in [0, 0.1) is 0 Å². The summed E-state index contributed by atoms with van der Waals surface area (Å²) < 4.78 is 31.7. The van der Waals surface area contributed by atoms with Crippen LogP contribution >= 0.6 is 0 Å². The number of aromatic carboxylic acids is 1. The monoisotopic (exact) mass is 378 g/mol. The van der Waals surface area contributed by atoms with Crippen molar-refractivity contribution in [1.29, 1.82) is 0 Å². The van der Waals surface area contributed by atoms with Gasteiger partial charge in [0.1, 0.15) is 5.82 Å². The van der Waals surface area contributed by atoms with Gasteiger partial charge in [-0.05, 0) is 17.7 Å². The van der Waals surface area contributed by atoms with Crippen LogP contribution in [0.3, 0.4) is 0 Å². The predicted octanol–water partition coefficient (Wildman–Crippen LogP) is 0.808. The van der Waals surface area contributed by atoms with E-state index in [1.54, 1.807) is 24.3 Å². The molecule has 0 unspecified atom stereocenters. The summed E-state index contributed by atoms with van der Waals surface area (Å²) in [6.07, 6.45) is 2.50. The average Bonchev–Trinajstić information content (AvgIpc) is 2.67. The van der Waals surface area contributed by atoms with Gasteiger partial charge in [0.2, 0.25) is 10.0 Å². The number of nitrogens with one attached hydrogen (secondary N) is 1. The fourth-order valence-electron chi connectivity index (χ4n) is 2.44. The highest BCUT2D eigenvalue weighted by molar-refractivity contribution is 7.89. The topological polar surface area (TPSA) is 122 Å². The number of carboxylic acid groups (broad SMARTS) is 1. The SMILES string of the molecule is O=C(O)c1cnc(NCc2ccc(S(=O)(=O)N3CCOCC3)cc2)cn1. The number of sulfonamides is 1. The summed E-state index contributed by atoms with van der Waals surface area (Å²) in [5.41, 5.74) is 0.725. The third-order valence-electron chi connectivity index (χ3n) is 3.88. The zero-order valence-electron chi connectivity index (χ0n) is 13.8. The number of morpholine rings is 1. The van der Waals surface area contributed by atoms with Gasteiger partial charge in [-0.25, -0.2) is 23.2 Å². The van der Waals surface area contributed by atoms with Crippen molar-refractivity contribution < 1.29 is 23.1 Å². The summed E-state index contributed by atoms with van der Waals surface area (Å²) in [7, 11) is -3.50. The molecule has 0 spiro atoms. The first kappa shape index (κ1) is 18.2. The Morgan fingerprint density at radius 1 is 1.15 bits per heavy atom. The van der Waals surface area contributed by atoms with Gasteiger partial charge in [-0.2, -0.15) is 4.31 Å². The van der Waals surface area contributed by atoms with Gasteiger partial charge in [0.05, 0.1) is 30.5 Å². The highest BCUT2D eigenvalue weighted by atomic mass is 32.2. The molecule has 10 heteroatoms. The second-order valence-electron chi connectivity index (χ2n) is 5.61.